The Hall–Kier alpha value is -3.10. The highest BCUT2D eigenvalue weighted by atomic mass is 16.5. The van der Waals surface area contributed by atoms with Gasteiger partial charge in [0.25, 0.3) is 0 Å². The minimum absolute atomic E-state index is 0.0538. The molecule has 2 N–H and O–H groups in total. The summed E-state index contributed by atoms with van der Waals surface area (Å²) in [5, 5.41) is 19.6. The topological polar surface area (TPSA) is 107 Å². The minimum Gasteiger partial charge on any atom is -0.491 e. The van der Waals surface area contributed by atoms with E-state index < -0.39 is 6.09 Å². The monoisotopic (exact) mass is 342 g/mol. The second-order valence-corrected chi connectivity index (χ2v) is 5.89. The Bertz CT molecular complexity index is 902. The number of aromatic amines is 1. The van der Waals surface area contributed by atoms with E-state index in [1.807, 2.05) is 25.1 Å². The summed E-state index contributed by atoms with van der Waals surface area (Å²) in [6.07, 6.45) is 1.81. The molecule has 4 rings (SSSR count). The van der Waals surface area contributed by atoms with Gasteiger partial charge in [-0.05, 0) is 25.1 Å². The predicted molar refractivity (Wildman–Crippen MR) is 89.2 cm³/mol. The number of rotatable bonds is 0. The fourth-order valence-electron chi connectivity index (χ4n) is 2.72. The summed E-state index contributed by atoms with van der Waals surface area (Å²) in [4.78, 5) is 13.1. The van der Waals surface area contributed by atoms with E-state index in [1.165, 1.54) is 4.80 Å². The molecule has 3 aromatic rings. The van der Waals surface area contributed by atoms with Gasteiger partial charge in [-0.15, -0.1) is 0 Å². The summed E-state index contributed by atoms with van der Waals surface area (Å²) < 4.78 is 11.1. The third kappa shape index (κ3) is 3.25. The maximum absolute atomic E-state index is 11.6. The third-order valence-electron chi connectivity index (χ3n) is 4.00. The van der Waals surface area contributed by atoms with E-state index in [4.69, 9.17) is 9.47 Å². The molecule has 1 aromatic carbocycles. The van der Waals surface area contributed by atoms with Gasteiger partial charge in [0.2, 0.25) is 0 Å². The largest absolute Gasteiger partial charge is 0.491 e. The van der Waals surface area contributed by atoms with Gasteiger partial charge in [0.15, 0.2) is 0 Å². The molecule has 1 amide bonds. The van der Waals surface area contributed by atoms with E-state index in [2.05, 4.69) is 25.7 Å². The van der Waals surface area contributed by atoms with Crippen molar-refractivity contribution in [2.45, 2.75) is 26.0 Å². The number of ether oxygens (including phenoxy) is 2. The normalized spacial score (nSPS) is 18.6. The summed E-state index contributed by atoms with van der Waals surface area (Å²) in [6, 6.07) is 5.76. The van der Waals surface area contributed by atoms with Crippen LogP contribution in [0, 0.1) is 0 Å². The second-order valence-electron chi connectivity index (χ2n) is 5.89. The molecule has 130 valence electrons. The number of alkyl carbamates (subject to hydrolysis) is 1. The Morgan fingerprint density at radius 1 is 1.36 bits per heavy atom. The van der Waals surface area contributed by atoms with E-state index in [0.717, 1.165) is 16.7 Å². The molecule has 1 aliphatic heterocycles. The molecule has 9 heteroatoms. The quantitative estimate of drug-likeness (QED) is 0.644. The number of hydrogen-bond acceptors (Lipinski definition) is 6. The zero-order chi connectivity index (χ0) is 17.2. The fraction of sp³-hybridized carbons (Fsp3) is 0.375. The third-order valence-corrected chi connectivity index (χ3v) is 4.00. The van der Waals surface area contributed by atoms with Gasteiger partial charge in [0.1, 0.15) is 23.7 Å². The number of carbonyl (C=O) groups is 1. The van der Waals surface area contributed by atoms with E-state index in [-0.39, 0.29) is 12.7 Å². The van der Waals surface area contributed by atoms with Crippen LogP contribution in [0.15, 0.2) is 24.4 Å². The van der Waals surface area contributed by atoms with Gasteiger partial charge in [-0.1, -0.05) is 0 Å². The summed E-state index contributed by atoms with van der Waals surface area (Å²) >= 11 is 0. The van der Waals surface area contributed by atoms with Crippen molar-refractivity contribution in [1.82, 2.24) is 30.5 Å². The van der Waals surface area contributed by atoms with Crippen LogP contribution in [0.2, 0.25) is 0 Å². The number of aromatic nitrogens is 5. The van der Waals surface area contributed by atoms with E-state index in [1.54, 1.807) is 6.20 Å². The lowest BCUT2D eigenvalue weighted by molar-refractivity contribution is 0.136. The lowest BCUT2D eigenvalue weighted by Crippen LogP contribution is -2.29. The summed E-state index contributed by atoms with van der Waals surface area (Å²) in [6.45, 7) is 3.00. The maximum Gasteiger partial charge on any atom is 0.407 e. The second kappa shape index (κ2) is 6.42. The lowest BCUT2D eigenvalue weighted by Gasteiger charge is -2.15. The zero-order valence-electron chi connectivity index (χ0n) is 13.7. The average molecular weight is 342 g/mol. The molecule has 0 aliphatic carbocycles. The number of cyclic esters (lactones) is 1. The Labute approximate surface area is 143 Å². The van der Waals surface area contributed by atoms with Gasteiger partial charge in [-0.25, -0.2) is 4.79 Å². The molecule has 4 bridgehead atoms. The number of benzene rings is 1. The smallest absolute Gasteiger partial charge is 0.407 e. The van der Waals surface area contributed by atoms with Crippen molar-refractivity contribution in [3.05, 3.63) is 24.4 Å². The van der Waals surface area contributed by atoms with Gasteiger partial charge >= 0.3 is 6.09 Å². The number of amides is 1. The molecule has 0 radical (unpaired) electrons. The Morgan fingerprint density at radius 3 is 3.20 bits per heavy atom. The van der Waals surface area contributed by atoms with Crippen LogP contribution in [-0.4, -0.2) is 50.5 Å². The van der Waals surface area contributed by atoms with Crippen LogP contribution in [0.4, 0.5) is 4.79 Å². The summed E-state index contributed by atoms with van der Waals surface area (Å²) in [7, 11) is 0. The molecule has 9 nitrogen and oxygen atoms in total. The molecule has 2 aromatic heterocycles. The first-order chi connectivity index (χ1) is 12.2. The molecular formula is C16H18N6O3. The maximum atomic E-state index is 11.6. The van der Waals surface area contributed by atoms with Crippen LogP contribution in [-0.2, 0) is 11.3 Å². The van der Waals surface area contributed by atoms with Crippen LogP contribution in [0.5, 0.6) is 5.75 Å². The van der Waals surface area contributed by atoms with Crippen molar-refractivity contribution < 1.29 is 14.3 Å². The van der Waals surface area contributed by atoms with Crippen molar-refractivity contribution in [2.75, 3.05) is 13.2 Å². The highest BCUT2D eigenvalue weighted by molar-refractivity contribution is 5.92. The van der Waals surface area contributed by atoms with Crippen molar-refractivity contribution in [1.29, 1.82) is 0 Å². The van der Waals surface area contributed by atoms with Crippen LogP contribution < -0.4 is 10.1 Å². The summed E-state index contributed by atoms with van der Waals surface area (Å²) in [5.74, 6) is 0.740. The van der Waals surface area contributed by atoms with E-state index >= 15 is 0 Å². The minimum atomic E-state index is -0.456. The number of hydrogen-bond donors (Lipinski definition) is 2. The van der Waals surface area contributed by atoms with Crippen molar-refractivity contribution in [3.63, 3.8) is 0 Å². The highest BCUT2D eigenvalue weighted by Crippen LogP contribution is 2.28. The molecule has 1 aliphatic rings. The number of fused-ring (bicyclic) bond motifs is 4. The highest BCUT2D eigenvalue weighted by Gasteiger charge is 2.15. The Morgan fingerprint density at radius 2 is 2.28 bits per heavy atom. The molecule has 25 heavy (non-hydrogen) atoms. The summed E-state index contributed by atoms with van der Waals surface area (Å²) in [5.41, 5.74) is 2.26. The van der Waals surface area contributed by atoms with E-state index in [0.29, 0.717) is 30.9 Å². The first-order valence-corrected chi connectivity index (χ1v) is 8.15. The fourth-order valence-corrected chi connectivity index (χ4v) is 2.72. The molecule has 0 fully saturated rings. The molecule has 0 spiro atoms. The van der Waals surface area contributed by atoms with Gasteiger partial charge in [0.05, 0.1) is 24.4 Å². The molecule has 0 saturated heterocycles. The molecule has 3 heterocycles. The molecular weight excluding hydrogens is 324 g/mol. The standard InChI is InChI=1S/C16H18N6O3/c1-10-4-5-17-16(23)24-7-6-22-18-9-14(21-22)15-12-8-11(25-10)2-3-13(12)19-20-15/h2-3,8-10H,4-7H2,1H3,(H,17,23)(H,19,20)/t10-/m1/s1. The Balaban J connectivity index is 1.71. The van der Waals surface area contributed by atoms with Gasteiger partial charge in [-0.3, -0.25) is 5.10 Å². The number of carbonyl (C=O) groups excluding carboxylic acids is 1. The van der Waals surface area contributed by atoms with Gasteiger partial charge < -0.3 is 14.8 Å². The van der Waals surface area contributed by atoms with Crippen molar-refractivity contribution >= 4 is 17.0 Å². The number of H-pyrrole nitrogens is 1. The first-order valence-electron chi connectivity index (χ1n) is 8.15. The molecule has 1 atom stereocenters. The van der Waals surface area contributed by atoms with Crippen molar-refractivity contribution in [3.8, 4) is 17.1 Å². The van der Waals surface area contributed by atoms with Crippen molar-refractivity contribution in [2.24, 2.45) is 0 Å². The van der Waals surface area contributed by atoms with Crippen LogP contribution in [0.3, 0.4) is 0 Å². The number of nitrogens with one attached hydrogen (secondary N) is 2. The van der Waals surface area contributed by atoms with Crippen LogP contribution >= 0.6 is 0 Å². The predicted octanol–water partition coefficient (Wildman–Crippen LogP) is 1.72. The number of nitrogens with zero attached hydrogens (tertiary/aromatic N) is 4. The first kappa shape index (κ1) is 15.4. The lowest BCUT2D eigenvalue weighted by atomic mass is 10.1. The Kier molecular flexibility index (Phi) is 3.96. The van der Waals surface area contributed by atoms with Crippen LogP contribution in [0.25, 0.3) is 22.3 Å². The molecule has 0 unspecified atom stereocenters. The van der Waals surface area contributed by atoms with Crippen LogP contribution in [0.1, 0.15) is 13.3 Å². The average Bonchev–Trinajstić information content (AvgIpc) is 3.20. The van der Waals surface area contributed by atoms with E-state index in [9.17, 15) is 4.79 Å². The SMILES string of the molecule is C[C@@H]1CCNC(=O)OCCn2ncc(n2)-c2n[nH]c3ccc(cc23)O1. The van der Waals surface area contributed by atoms with Gasteiger partial charge in [0, 0.05) is 18.4 Å². The van der Waals surface area contributed by atoms with Gasteiger partial charge in [-0.2, -0.15) is 20.1 Å². The molecule has 0 saturated carbocycles. The zero-order valence-corrected chi connectivity index (χ0v) is 13.7.